The summed E-state index contributed by atoms with van der Waals surface area (Å²) in [6, 6.07) is 0. The first-order chi connectivity index (χ1) is 43.3. The lowest BCUT2D eigenvalue weighted by Crippen LogP contribution is -2.30. The summed E-state index contributed by atoms with van der Waals surface area (Å²) in [7, 11) is -9.90. The monoisotopic (exact) mass is 1320 g/mol. The molecule has 90 heavy (non-hydrogen) atoms. The van der Waals surface area contributed by atoms with Gasteiger partial charge < -0.3 is 33.8 Å². The molecule has 19 heteroatoms. The second-order valence-electron chi connectivity index (χ2n) is 26.8. The van der Waals surface area contributed by atoms with E-state index in [0.717, 1.165) is 108 Å². The fourth-order valence-electron chi connectivity index (χ4n) is 10.7. The number of hydrogen-bond acceptors (Lipinski definition) is 15. The summed E-state index contributed by atoms with van der Waals surface area (Å²) in [4.78, 5) is 72.5. The van der Waals surface area contributed by atoms with Crippen molar-refractivity contribution in [3.8, 4) is 0 Å². The highest BCUT2D eigenvalue weighted by molar-refractivity contribution is 7.47. The van der Waals surface area contributed by atoms with Gasteiger partial charge in [0.2, 0.25) is 0 Å². The highest BCUT2D eigenvalue weighted by Gasteiger charge is 2.30. The van der Waals surface area contributed by atoms with Crippen molar-refractivity contribution in [1.29, 1.82) is 0 Å². The third kappa shape index (κ3) is 63.5. The lowest BCUT2D eigenvalue weighted by Gasteiger charge is -2.21. The number of phosphoric acid groups is 2. The molecule has 0 radical (unpaired) electrons. The van der Waals surface area contributed by atoms with Crippen LogP contribution in [0.4, 0.5) is 0 Å². The van der Waals surface area contributed by atoms with Gasteiger partial charge in [0, 0.05) is 25.7 Å². The summed E-state index contributed by atoms with van der Waals surface area (Å²) in [5.41, 5.74) is 0. The predicted molar refractivity (Wildman–Crippen MR) is 363 cm³/mol. The Morgan fingerprint density at radius 2 is 0.567 bits per heavy atom. The van der Waals surface area contributed by atoms with Gasteiger partial charge in [0.15, 0.2) is 12.2 Å². The molecule has 0 rings (SSSR count). The molecule has 0 aromatic rings. The number of hydrogen-bond donors (Lipinski definition) is 3. The Bertz CT molecular complexity index is 1770. The Kier molecular flexibility index (Phi) is 60.6. The number of esters is 4. The highest BCUT2D eigenvalue weighted by atomic mass is 31.2. The van der Waals surface area contributed by atoms with Crippen LogP contribution in [0.3, 0.4) is 0 Å². The SMILES string of the molecule is CCCCCCCCCCCCCCC(=O)OC[C@H](COP(=O)(O)OC[C@@H](O)COP(=O)(O)OC[C@@H](COC(=O)CCCCCCCCC(C)C)OC(=O)CCCCCCCCCCC(C)C)OC(=O)CCCCCCCCCCCCCCCCC(C)CC. The maximum Gasteiger partial charge on any atom is 0.472 e. The van der Waals surface area contributed by atoms with Crippen LogP contribution in [0.15, 0.2) is 0 Å². The lowest BCUT2D eigenvalue weighted by molar-refractivity contribution is -0.161. The summed E-state index contributed by atoms with van der Waals surface area (Å²) in [6.07, 6.45) is 45.9. The fraction of sp³-hybridized carbons (Fsp3) is 0.944. The number of aliphatic hydroxyl groups is 1. The number of aliphatic hydroxyl groups excluding tert-OH is 1. The molecule has 0 aliphatic heterocycles. The van der Waals surface area contributed by atoms with E-state index in [1.807, 2.05) is 0 Å². The third-order valence-corrected chi connectivity index (χ3v) is 18.6. The van der Waals surface area contributed by atoms with Gasteiger partial charge in [-0.25, -0.2) is 9.13 Å². The van der Waals surface area contributed by atoms with E-state index < -0.39 is 97.5 Å². The highest BCUT2D eigenvalue weighted by Crippen LogP contribution is 2.45. The maximum absolute atomic E-state index is 13.0. The second kappa shape index (κ2) is 61.9. The minimum atomic E-state index is -4.95. The average molecular weight is 1330 g/mol. The van der Waals surface area contributed by atoms with Gasteiger partial charge in [0.25, 0.3) is 0 Å². The van der Waals surface area contributed by atoms with E-state index in [4.69, 9.17) is 37.0 Å². The van der Waals surface area contributed by atoms with Crippen molar-refractivity contribution in [2.45, 2.75) is 375 Å². The first-order valence-corrected chi connectivity index (χ1v) is 39.9. The van der Waals surface area contributed by atoms with Crippen molar-refractivity contribution in [3.63, 3.8) is 0 Å². The minimum absolute atomic E-state index is 0.103. The van der Waals surface area contributed by atoms with Crippen molar-refractivity contribution in [3.05, 3.63) is 0 Å². The van der Waals surface area contributed by atoms with Crippen LogP contribution >= 0.6 is 15.6 Å². The van der Waals surface area contributed by atoms with Crippen molar-refractivity contribution < 1.29 is 80.2 Å². The summed E-state index contributed by atoms with van der Waals surface area (Å²) < 4.78 is 68.3. The summed E-state index contributed by atoms with van der Waals surface area (Å²) in [5.74, 6) is 0.116. The number of carbonyl (C=O) groups excluding carboxylic acids is 4. The van der Waals surface area contributed by atoms with Crippen molar-refractivity contribution in [2.75, 3.05) is 39.6 Å². The van der Waals surface area contributed by atoms with Crippen LogP contribution < -0.4 is 0 Å². The molecule has 0 aromatic heterocycles. The van der Waals surface area contributed by atoms with Gasteiger partial charge in [-0.15, -0.1) is 0 Å². The zero-order valence-corrected chi connectivity index (χ0v) is 60.4. The van der Waals surface area contributed by atoms with Crippen molar-refractivity contribution in [2.24, 2.45) is 17.8 Å². The predicted octanol–water partition coefficient (Wildman–Crippen LogP) is 20.2. The van der Waals surface area contributed by atoms with Gasteiger partial charge in [-0.05, 0) is 43.4 Å². The number of ether oxygens (including phenoxy) is 4. The molecular weight excluding hydrogens is 1190 g/mol. The molecule has 0 bridgehead atoms. The Labute approximate surface area is 549 Å². The smallest absolute Gasteiger partial charge is 0.462 e. The van der Waals surface area contributed by atoms with Gasteiger partial charge in [0.05, 0.1) is 26.4 Å². The quantitative estimate of drug-likeness (QED) is 0.0222. The normalized spacial score (nSPS) is 14.5. The molecule has 0 aromatic carbocycles. The molecule has 0 spiro atoms. The minimum Gasteiger partial charge on any atom is -0.462 e. The van der Waals surface area contributed by atoms with E-state index in [1.54, 1.807) is 0 Å². The molecule has 0 saturated heterocycles. The van der Waals surface area contributed by atoms with Gasteiger partial charge in [-0.2, -0.15) is 0 Å². The zero-order chi connectivity index (χ0) is 66.6. The molecule has 0 amide bonds. The molecule has 6 atom stereocenters. The van der Waals surface area contributed by atoms with Crippen LogP contribution in [-0.2, 0) is 65.4 Å². The van der Waals surface area contributed by atoms with E-state index in [9.17, 15) is 43.2 Å². The largest absolute Gasteiger partial charge is 0.472 e. The topological polar surface area (TPSA) is 237 Å². The Hall–Kier alpha value is -1.94. The summed E-state index contributed by atoms with van der Waals surface area (Å²) in [6.45, 7) is 11.8. The molecule has 0 aliphatic rings. The third-order valence-electron chi connectivity index (χ3n) is 16.7. The van der Waals surface area contributed by atoms with Crippen LogP contribution in [0.1, 0.15) is 357 Å². The van der Waals surface area contributed by atoms with Crippen LogP contribution in [-0.4, -0.2) is 96.7 Å². The molecule has 0 heterocycles. The Balaban J connectivity index is 5.22. The maximum atomic E-state index is 13.0. The summed E-state index contributed by atoms with van der Waals surface area (Å²) >= 11 is 0. The van der Waals surface area contributed by atoms with Crippen LogP contribution in [0.25, 0.3) is 0 Å². The van der Waals surface area contributed by atoms with E-state index in [2.05, 4.69) is 48.5 Å². The number of rotatable bonds is 69. The van der Waals surface area contributed by atoms with Gasteiger partial charge in [-0.1, -0.05) is 305 Å². The number of carbonyl (C=O) groups is 4. The Morgan fingerprint density at radius 3 is 0.844 bits per heavy atom. The fourth-order valence-corrected chi connectivity index (χ4v) is 12.3. The molecule has 0 aliphatic carbocycles. The zero-order valence-electron chi connectivity index (χ0n) is 58.6. The van der Waals surface area contributed by atoms with Gasteiger partial charge in [-0.3, -0.25) is 37.3 Å². The van der Waals surface area contributed by atoms with E-state index in [1.165, 1.54) is 161 Å². The average Bonchev–Trinajstić information content (AvgIpc) is 3.62. The van der Waals surface area contributed by atoms with Crippen LogP contribution in [0.2, 0.25) is 0 Å². The van der Waals surface area contributed by atoms with E-state index in [-0.39, 0.29) is 25.7 Å². The molecule has 17 nitrogen and oxygen atoms in total. The molecule has 3 N–H and O–H groups in total. The van der Waals surface area contributed by atoms with Gasteiger partial charge >= 0.3 is 39.5 Å². The molecular formula is C71H138O17P2. The standard InChI is InChI=1S/C71H138O17P2/c1-8-10-11-12-13-14-15-21-24-30-38-45-52-68(73)81-58-66(87-70(75)54-47-40-31-25-22-19-17-16-18-20-23-29-37-44-51-64(7)9-2)60-85-89(77,78)83-56-65(72)57-84-90(79,80)86-61-67(59-82-69(74)53-46-39-34-33-36-43-50-63(5)6)88-71(76)55-48-41-32-27-26-28-35-42-49-62(3)4/h62-67,72H,8-61H2,1-7H3,(H,77,78)(H,79,80)/t64?,65-,66-,67-/m1/s1. The summed E-state index contributed by atoms with van der Waals surface area (Å²) in [5, 5.41) is 10.6. The second-order valence-corrected chi connectivity index (χ2v) is 29.7. The molecule has 0 fully saturated rings. The number of phosphoric ester groups is 2. The van der Waals surface area contributed by atoms with Crippen LogP contribution in [0.5, 0.6) is 0 Å². The van der Waals surface area contributed by atoms with Gasteiger partial charge in [0.1, 0.15) is 19.3 Å². The molecule has 534 valence electrons. The van der Waals surface area contributed by atoms with Crippen LogP contribution in [0, 0.1) is 17.8 Å². The van der Waals surface area contributed by atoms with E-state index >= 15 is 0 Å². The Morgan fingerprint density at radius 1 is 0.322 bits per heavy atom. The molecule has 3 unspecified atom stereocenters. The molecule has 0 saturated carbocycles. The van der Waals surface area contributed by atoms with Crippen molar-refractivity contribution in [1.82, 2.24) is 0 Å². The number of unbranched alkanes of at least 4 members (excludes halogenated alkanes) is 36. The van der Waals surface area contributed by atoms with E-state index in [0.29, 0.717) is 31.6 Å². The first kappa shape index (κ1) is 88.1. The first-order valence-electron chi connectivity index (χ1n) is 36.9. The van der Waals surface area contributed by atoms with Crippen molar-refractivity contribution >= 4 is 39.5 Å². The lowest BCUT2D eigenvalue weighted by atomic mass is 9.99.